The van der Waals surface area contributed by atoms with E-state index in [1.54, 1.807) is 48.4 Å². The standard InChI is InChI=1S/C33H34N4O6S/c1-20-8-6-7-9-24(20)17-37(30(38)18-44-33-34-21(2)14-22(3)35-33)31(23-10-13-27-29(15-23)43-19-42-27)32(39)36-26-12-11-25(40-4)16-28(26)41-5/h6-16,31H,17-19H2,1-5H3,(H,36,39). The van der Waals surface area contributed by atoms with Crippen molar-refractivity contribution in [2.24, 2.45) is 0 Å². The van der Waals surface area contributed by atoms with Gasteiger partial charge in [0, 0.05) is 24.0 Å². The molecule has 5 rings (SSSR count). The summed E-state index contributed by atoms with van der Waals surface area (Å²) in [4.78, 5) is 39.1. The van der Waals surface area contributed by atoms with Gasteiger partial charge in [0.1, 0.15) is 17.5 Å². The van der Waals surface area contributed by atoms with E-state index >= 15 is 0 Å². The largest absolute Gasteiger partial charge is 0.497 e. The molecule has 1 atom stereocenters. The summed E-state index contributed by atoms with van der Waals surface area (Å²) in [6.07, 6.45) is 0. The zero-order chi connectivity index (χ0) is 31.2. The summed E-state index contributed by atoms with van der Waals surface area (Å²) in [5, 5.41) is 3.49. The Kier molecular flexibility index (Phi) is 9.54. The van der Waals surface area contributed by atoms with E-state index in [2.05, 4.69) is 15.3 Å². The highest BCUT2D eigenvalue weighted by Crippen LogP contribution is 2.38. The molecule has 1 aliphatic heterocycles. The van der Waals surface area contributed by atoms with Crippen LogP contribution in [0.4, 0.5) is 5.69 Å². The van der Waals surface area contributed by atoms with Gasteiger partial charge in [-0.15, -0.1) is 0 Å². The molecule has 3 aromatic carbocycles. The lowest BCUT2D eigenvalue weighted by Gasteiger charge is -2.32. The first-order valence-electron chi connectivity index (χ1n) is 14.0. The molecule has 1 aromatic heterocycles. The minimum Gasteiger partial charge on any atom is -0.497 e. The van der Waals surface area contributed by atoms with Gasteiger partial charge in [-0.1, -0.05) is 42.1 Å². The van der Waals surface area contributed by atoms with Crippen molar-refractivity contribution >= 4 is 29.3 Å². The Morgan fingerprint density at radius 3 is 2.41 bits per heavy atom. The Morgan fingerprint density at radius 2 is 1.68 bits per heavy atom. The zero-order valence-electron chi connectivity index (χ0n) is 25.2. The molecule has 0 aliphatic carbocycles. The van der Waals surface area contributed by atoms with Gasteiger partial charge in [-0.3, -0.25) is 9.59 Å². The third-order valence-electron chi connectivity index (χ3n) is 7.15. The van der Waals surface area contributed by atoms with Crippen molar-refractivity contribution in [3.8, 4) is 23.0 Å². The molecule has 0 fully saturated rings. The van der Waals surface area contributed by atoms with Crippen molar-refractivity contribution in [2.75, 3.05) is 32.1 Å². The number of benzene rings is 3. The van der Waals surface area contributed by atoms with Gasteiger partial charge in [0.15, 0.2) is 16.7 Å². The SMILES string of the molecule is COc1ccc(NC(=O)C(c2ccc3c(c2)OCO3)N(Cc2ccccc2C)C(=O)CSc2nc(C)cc(C)n2)c(OC)c1. The third-order valence-corrected chi connectivity index (χ3v) is 7.98. The number of carbonyl (C=O) groups is 2. The molecule has 228 valence electrons. The number of carbonyl (C=O) groups excluding carboxylic acids is 2. The van der Waals surface area contributed by atoms with Crippen LogP contribution in [0.25, 0.3) is 0 Å². The Labute approximate surface area is 260 Å². The summed E-state index contributed by atoms with van der Waals surface area (Å²) in [5.41, 5.74) is 4.54. The fourth-order valence-corrected chi connectivity index (χ4v) is 5.76. The van der Waals surface area contributed by atoms with E-state index in [4.69, 9.17) is 18.9 Å². The predicted molar refractivity (Wildman–Crippen MR) is 167 cm³/mol. The molecule has 2 amide bonds. The van der Waals surface area contributed by atoms with Crippen molar-refractivity contribution in [3.05, 3.63) is 94.8 Å². The lowest BCUT2D eigenvalue weighted by Crippen LogP contribution is -2.42. The number of nitrogens with one attached hydrogen (secondary N) is 1. The molecule has 4 aromatic rings. The molecule has 44 heavy (non-hydrogen) atoms. The first-order valence-corrected chi connectivity index (χ1v) is 15.0. The van der Waals surface area contributed by atoms with Gasteiger partial charge < -0.3 is 29.2 Å². The molecule has 1 N–H and O–H groups in total. The van der Waals surface area contributed by atoms with Gasteiger partial charge in [-0.25, -0.2) is 9.97 Å². The van der Waals surface area contributed by atoms with Gasteiger partial charge >= 0.3 is 0 Å². The second-order valence-corrected chi connectivity index (χ2v) is 11.2. The summed E-state index contributed by atoms with van der Waals surface area (Å²) in [5.74, 6) is 1.40. The average molecular weight is 615 g/mol. The molecule has 2 heterocycles. The molecule has 1 aliphatic rings. The molecular weight excluding hydrogens is 580 g/mol. The van der Waals surface area contributed by atoms with Crippen molar-refractivity contribution in [1.29, 1.82) is 0 Å². The van der Waals surface area contributed by atoms with E-state index in [1.807, 2.05) is 51.1 Å². The summed E-state index contributed by atoms with van der Waals surface area (Å²) in [6, 6.07) is 19.0. The number of aryl methyl sites for hydroxylation is 3. The molecule has 0 spiro atoms. The molecular formula is C33H34N4O6S. The van der Waals surface area contributed by atoms with Crippen LogP contribution in [0.5, 0.6) is 23.0 Å². The van der Waals surface area contributed by atoms with Crippen LogP contribution >= 0.6 is 11.8 Å². The second-order valence-electron chi connectivity index (χ2n) is 10.2. The van der Waals surface area contributed by atoms with Crippen LogP contribution in [-0.4, -0.2) is 53.4 Å². The van der Waals surface area contributed by atoms with Crippen LogP contribution in [-0.2, 0) is 16.1 Å². The number of anilines is 1. The molecule has 0 bridgehead atoms. The highest BCUT2D eigenvalue weighted by atomic mass is 32.2. The van der Waals surface area contributed by atoms with Crippen molar-refractivity contribution in [3.63, 3.8) is 0 Å². The van der Waals surface area contributed by atoms with E-state index in [-0.39, 0.29) is 25.0 Å². The van der Waals surface area contributed by atoms with Crippen molar-refractivity contribution < 1.29 is 28.5 Å². The van der Waals surface area contributed by atoms with Gasteiger partial charge in [-0.05, 0) is 67.8 Å². The normalized spacial score (nSPS) is 12.4. The number of ether oxygens (including phenoxy) is 4. The van der Waals surface area contributed by atoms with Gasteiger partial charge in [0.25, 0.3) is 5.91 Å². The van der Waals surface area contributed by atoms with E-state index in [0.717, 1.165) is 22.5 Å². The summed E-state index contributed by atoms with van der Waals surface area (Å²) in [7, 11) is 3.07. The molecule has 10 nitrogen and oxygen atoms in total. The second kappa shape index (κ2) is 13.7. The number of hydrogen-bond donors (Lipinski definition) is 1. The van der Waals surface area contributed by atoms with Crippen LogP contribution in [0.2, 0.25) is 0 Å². The minimum absolute atomic E-state index is 0.0228. The Morgan fingerprint density at radius 1 is 0.932 bits per heavy atom. The maximum atomic E-state index is 14.3. The molecule has 0 saturated carbocycles. The van der Waals surface area contributed by atoms with Crippen molar-refractivity contribution in [2.45, 2.75) is 38.5 Å². The topological polar surface area (TPSA) is 112 Å². The Balaban J connectivity index is 1.55. The number of hydrogen-bond acceptors (Lipinski definition) is 9. The monoisotopic (exact) mass is 614 g/mol. The Hall–Kier alpha value is -4.77. The molecule has 0 radical (unpaired) electrons. The summed E-state index contributed by atoms with van der Waals surface area (Å²) >= 11 is 1.23. The lowest BCUT2D eigenvalue weighted by atomic mass is 10.0. The zero-order valence-corrected chi connectivity index (χ0v) is 26.1. The number of nitrogens with zero attached hydrogens (tertiary/aromatic N) is 3. The first kappa shape index (κ1) is 30.7. The summed E-state index contributed by atoms with van der Waals surface area (Å²) in [6.45, 7) is 6.02. The van der Waals surface area contributed by atoms with Crippen LogP contribution in [0, 0.1) is 20.8 Å². The van der Waals surface area contributed by atoms with Crippen molar-refractivity contribution in [1.82, 2.24) is 14.9 Å². The first-order chi connectivity index (χ1) is 21.2. The molecule has 0 saturated heterocycles. The highest BCUT2D eigenvalue weighted by molar-refractivity contribution is 7.99. The number of thioether (sulfide) groups is 1. The van der Waals surface area contributed by atoms with Gasteiger partial charge in [0.2, 0.25) is 12.7 Å². The summed E-state index contributed by atoms with van der Waals surface area (Å²) < 4.78 is 22.0. The smallest absolute Gasteiger partial charge is 0.251 e. The average Bonchev–Trinajstić information content (AvgIpc) is 3.48. The van der Waals surface area contributed by atoms with Crippen LogP contribution in [0.15, 0.2) is 71.9 Å². The molecule has 1 unspecified atom stereocenters. The number of fused-ring (bicyclic) bond motifs is 1. The number of rotatable bonds is 11. The van der Waals surface area contributed by atoms with E-state index in [9.17, 15) is 9.59 Å². The maximum Gasteiger partial charge on any atom is 0.251 e. The predicted octanol–water partition coefficient (Wildman–Crippen LogP) is 5.65. The van der Waals surface area contributed by atoms with Crippen LogP contribution < -0.4 is 24.3 Å². The fraction of sp³-hybridized carbons (Fsp3) is 0.273. The molecule has 11 heteroatoms. The number of aromatic nitrogens is 2. The van der Waals surface area contributed by atoms with E-state index in [0.29, 0.717) is 39.4 Å². The third kappa shape index (κ3) is 7.05. The quantitative estimate of drug-likeness (QED) is 0.169. The number of methoxy groups -OCH3 is 2. The van der Waals surface area contributed by atoms with Gasteiger partial charge in [-0.2, -0.15) is 0 Å². The van der Waals surface area contributed by atoms with Crippen LogP contribution in [0.3, 0.4) is 0 Å². The lowest BCUT2D eigenvalue weighted by molar-refractivity contribution is -0.137. The number of amides is 2. The van der Waals surface area contributed by atoms with E-state index < -0.39 is 11.9 Å². The highest BCUT2D eigenvalue weighted by Gasteiger charge is 2.34. The van der Waals surface area contributed by atoms with Crippen LogP contribution in [0.1, 0.15) is 34.1 Å². The Bertz CT molecular complexity index is 1660. The maximum absolute atomic E-state index is 14.3. The fourth-order valence-electron chi connectivity index (χ4n) is 4.92. The van der Waals surface area contributed by atoms with Gasteiger partial charge in [0.05, 0.1) is 25.7 Å². The van der Waals surface area contributed by atoms with E-state index in [1.165, 1.54) is 18.9 Å². The minimum atomic E-state index is -1.04.